The van der Waals surface area contributed by atoms with Gasteiger partial charge in [-0.3, -0.25) is 0 Å². The van der Waals surface area contributed by atoms with E-state index >= 15 is 0 Å². The first-order valence-electron chi connectivity index (χ1n) is 4.70. The lowest BCUT2D eigenvalue weighted by Gasteiger charge is -2.17. The molecule has 8 heteroatoms. The van der Waals surface area contributed by atoms with E-state index in [1.54, 1.807) is 0 Å². The van der Waals surface area contributed by atoms with Crippen LogP contribution in [0.3, 0.4) is 0 Å². The average Bonchev–Trinajstić information content (AvgIpc) is 2.27. The molecule has 0 atom stereocenters. The molecule has 1 rings (SSSR count). The summed E-state index contributed by atoms with van der Waals surface area (Å²) in [5, 5.41) is 0. The van der Waals surface area contributed by atoms with Gasteiger partial charge in [-0.25, -0.2) is 17.6 Å². The van der Waals surface area contributed by atoms with Crippen molar-refractivity contribution in [1.82, 2.24) is 0 Å². The smallest absolute Gasteiger partial charge is 0.340 e. The molecule has 0 aliphatic carbocycles. The first kappa shape index (κ1) is 14.5. The Labute approximate surface area is 98.3 Å². The summed E-state index contributed by atoms with van der Waals surface area (Å²) in [6.45, 7) is -1.69. The molecule has 2 nitrogen and oxygen atoms in total. The van der Waals surface area contributed by atoms with E-state index in [-0.39, 0.29) is 5.69 Å². The molecule has 0 radical (unpaired) electrons. The minimum atomic E-state index is -4.40. The number of anilines is 1. The maximum atomic E-state index is 12.6. The van der Waals surface area contributed by atoms with E-state index < -0.39 is 36.7 Å². The molecule has 1 aromatic rings. The Balaban J connectivity index is 2.85. The highest BCUT2D eigenvalue weighted by Crippen LogP contribution is 2.32. The molecule has 0 aromatic heterocycles. The topological polar surface area (TPSA) is 35.2 Å². The molecule has 0 amide bonds. The molecule has 0 saturated heterocycles. The molecule has 0 saturated carbocycles. The normalized spacial score (nSPS) is 12.2. The minimum absolute atomic E-state index is 0.0155. The van der Waals surface area contributed by atoms with Crippen LogP contribution in [-0.4, -0.2) is 19.0 Å². The monoisotopic (exact) mass is 273 g/mol. The standard InChI is InChI=1S/C10H9F6NO/c11-8(12)6-3-5(17)1-2-7(6)18-4-10(15,16)9(13)14/h1-3,8-9H,4,17H2. The van der Waals surface area contributed by atoms with Gasteiger partial charge in [0.05, 0.1) is 5.56 Å². The van der Waals surface area contributed by atoms with Crippen molar-refractivity contribution in [3.8, 4) is 5.75 Å². The summed E-state index contributed by atoms with van der Waals surface area (Å²) in [6, 6.07) is 2.90. The zero-order chi connectivity index (χ0) is 13.9. The van der Waals surface area contributed by atoms with Crippen molar-refractivity contribution >= 4 is 5.69 Å². The SMILES string of the molecule is Nc1ccc(OCC(F)(F)C(F)F)c(C(F)F)c1. The molecule has 0 aliphatic heterocycles. The first-order valence-corrected chi connectivity index (χ1v) is 4.70. The zero-order valence-corrected chi connectivity index (χ0v) is 8.85. The molecule has 1 aromatic carbocycles. The Bertz CT molecular complexity index is 409. The van der Waals surface area contributed by atoms with E-state index in [1.807, 2.05) is 0 Å². The molecule has 0 aliphatic rings. The van der Waals surface area contributed by atoms with Crippen molar-refractivity contribution in [1.29, 1.82) is 0 Å². The lowest BCUT2D eigenvalue weighted by Crippen LogP contribution is -2.33. The quantitative estimate of drug-likeness (QED) is 0.658. The van der Waals surface area contributed by atoms with Crippen LogP contribution in [0, 0.1) is 0 Å². The van der Waals surface area contributed by atoms with Crippen LogP contribution in [0.15, 0.2) is 18.2 Å². The van der Waals surface area contributed by atoms with Crippen molar-refractivity contribution in [2.24, 2.45) is 0 Å². The van der Waals surface area contributed by atoms with Crippen LogP contribution in [0.4, 0.5) is 32.0 Å². The van der Waals surface area contributed by atoms with Crippen LogP contribution in [0.2, 0.25) is 0 Å². The van der Waals surface area contributed by atoms with Crippen LogP contribution in [0.25, 0.3) is 0 Å². The molecule has 0 heterocycles. The highest BCUT2D eigenvalue weighted by Gasteiger charge is 2.42. The Morgan fingerprint density at radius 3 is 2.28 bits per heavy atom. The molecule has 2 N–H and O–H groups in total. The van der Waals surface area contributed by atoms with Crippen LogP contribution in [0.5, 0.6) is 5.75 Å². The van der Waals surface area contributed by atoms with Gasteiger partial charge in [0.2, 0.25) is 0 Å². The highest BCUT2D eigenvalue weighted by atomic mass is 19.3. The second kappa shape index (κ2) is 5.36. The predicted octanol–water partition coefficient (Wildman–Crippen LogP) is 3.49. The largest absolute Gasteiger partial charge is 0.487 e. The molecule has 0 bridgehead atoms. The molecule has 0 unspecified atom stereocenters. The fourth-order valence-corrected chi connectivity index (χ4v) is 1.11. The second-order valence-corrected chi connectivity index (χ2v) is 3.45. The third kappa shape index (κ3) is 3.44. The Hall–Kier alpha value is -1.60. The molecule has 18 heavy (non-hydrogen) atoms. The third-order valence-electron chi connectivity index (χ3n) is 2.01. The van der Waals surface area contributed by atoms with Gasteiger partial charge >= 0.3 is 12.3 Å². The minimum Gasteiger partial charge on any atom is -0.487 e. The molecular formula is C10H9F6NO. The number of rotatable bonds is 5. The van der Waals surface area contributed by atoms with Gasteiger partial charge in [0.25, 0.3) is 6.43 Å². The second-order valence-electron chi connectivity index (χ2n) is 3.45. The number of ether oxygens (including phenoxy) is 1. The number of alkyl halides is 6. The van der Waals surface area contributed by atoms with Gasteiger partial charge in [-0.15, -0.1) is 0 Å². The summed E-state index contributed by atoms with van der Waals surface area (Å²) >= 11 is 0. The van der Waals surface area contributed by atoms with Crippen LogP contribution in [-0.2, 0) is 0 Å². The molecule has 102 valence electrons. The van der Waals surface area contributed by atoms with Gasteiger partial charge in [-0.1, -0.05) is 0 Å². The average molecular weight is 273 g/mol. The van der Waals surface area contributed by atoms with Crippen molar-refractivity contribution in [2.45, 2.75) is 18.8 Å². The lowest BCUT2D eigenvalue weighted by molar-refractivity contribution is -0.148. The van der Waals surface area contributed by atoms with E-state index in [0.29, 0.717) is 0 Å². The van der Waals surface area contributed by atoms with Crippen molar-refractivity contribution in [2.75, 3.05) is 12.3 Å². The van der Waals surface area contributed by atoms with Crippen LogP contribution < -0.4 is 10.5 Å². The van der Waals surface area contributed by atoms with Gasteiger partial charge in [-0.2, -0.15) is 8.78 Å². The van der Waals surface area contributed by atoms with Crippen LogP contribution in [0.1, 0.15) is 12.0 Å². The number of nitrogen functional groups attached to an aromatic ring is 1. The Kier molecular flexibility index (Phi) is 4.31. The number of halogens is 6. The summed E-state index contributed by atoms with van der Waals surface area (Å²) in [4.78, 5) is 0. The van der Waals surface area contributed by atoms with Gasteiger partial charge in [0, 0.05) is 5.69 Å². The van der Waals surface area contributed by atoms with E-state index in [2.05, 4.69) is 4.74 Å². The fraction of sp³-hybridized carbons (Fsp3) is 0.400. The van der Waals surface area contributed by atoms with Gasteiger partial charge < -0.3 is 10.5 Å². The summed E-state index contributed by atoms with van der Waals surface area (Å²) in [5.41, 5.74) is 4.50. The summed E-state index contributed by atoms with van der Waals surface area (Å²) in [7, 11) is 0. The molecular weight excluding hydrogens is 264 g/mol. The van der Waals surface area contributed by atoms with Crippen molar-refractivity contribution in [3.05, 3.63) is 23.8 Å². The first-order chi connectivity index (χ1) is 8.24. The van der Waals surface area contributed by atoms with Crippen molar-refractivity contribution < 1.29 is 31.1 Å². The number of benzene rings is 1. The summed E-state index contributed by atoms with van der Waals surface area (Å²) < 4.78 is 78.1. The predicted molar refractivity (Wildman–Crippen MR) is 52.3 cm³/mol. The number of nitrogens with two attached hydrogens (primary N) is 1. The third-order valence-corrected chi connectivity index (χ3v) is 2.01. The fourth-order valence-electron chi connectivity index (χ4n) is 1.11. The van der Waals surface area contributed by atoms with Gasteiger partial charge in [0.1, 0.15) is 5.75 Å². The van der Waals surface area contributed by atoms with E-state index in [4.69, 9.17) is 5.73 Å². The van der Waals surface area contributed by atoms with Crippen molar-refractivity contribution in [3.63, 3.8) is 0 Å². The highest BCUT2D eigenvalue weighted by molar-refractivity contribution is 5.48. The zero-order valence-electron chi connectivity index (χ0n) is 8.85. The Morgan fingerprint density at radius 2 is 1.78 bits per heavy atom. The summed E-state index contributed by atoms with van der Waals surface area (Å²) in [6.07, 6.45) is -6.94. The van der Waals surface area contributed by atoms with Gasteiger partial charge in [-0.05, 0) is 18.2 Å². The summed E-state index contributed by atoms with van der Waals surface area (Å²) in [5.74, 6) is -5.00. The maximum absolute atomic E-state index is 12.6. The van der Waals surface area contributed by atoms with E-state index in [0.717, 1.165) is 18.2 Å². The van der Waals surface area contributed by atoms with Crippen LogP contribution >= 0.6 is 0 Å². The maximum Gasteiger partial charge on any atom is 0.340 e. The molecule has 0 fully saturated rings. The number of hydrogen-bond acceptors (Lipinski definition) is 2. The number of hydrogen-bond donors (Lipinski definition) is 1. The van der Waals surface area contributed by atoms with E-state index in [1.165, 1.54) is 0 Å². The van der Waals surface area contributed by atoms with Gasteiger partial charge in [0.15, 0.2) is 6.61 Å². The lowest BCUT2D eigenvalue weighted by atomic mass is 10.2. The van der Waals surface area contributed by atoms with E-state index in [9.17, 15) is 26.3 Å². The Morgan fingerprint density at radius 1 is 1.17 bits per heavy atom. The molecule has 0 spiro atoms.